The number of ether oxygens (including phenoxy) is 1. The molecule has 2 rings (SSSR count). The van der Waals surface area contributed by atoms with Crippen LogP contribution in [0.25, 0.3) is 0 Å². The molecule has 1 aliphatic heterocycles. The highest BCUT2D eigenvalue weighted by Gasteiger charge is 2.22. The van der Waals surface area contributed by atoms with Crippen LogP contribution in [0, 0.1) is 0 Å². The molecule has 1 atom stereocenters. The van der Waals surface area contributed by atoms with Gasteiger partial charge in [-0.3, -0.25) is 0 Å². The maximum absolute atomic E-state index is 5.44. The molecule has 0 aliphatic carbocycles. The number of hydrogen-bond donors (Lipinski definition) is 1. The minimum Gasteiger partial charge on any atom is -0.380 e. The number of aromatic nitrogens is 2. The van der Waals surface area contributed by atoms with Gasteiger partial charge >= 0.3 is 0 Å². The summed E-state index contributed by atoms with van der Waals surface area (Å²) in [6, 6.07) is 0. The second-order valence-electron chi connectivity index (χ2n) is 4.34. The molecule has 1 fully saturated rings. The summed E-state index contributed by atoms with van der Waals surface area (Å²) in [5.41, 5.74) is 0. The average molecular weight is 315 g/mol. The lowest BCUT2D eigenvalue weighted by atomic mass is 10.1. The predicted molar refractivity (Wildman–Crippen MR) is 76.1 cm³/mol. The van der Waals surface area contributed by atoms with Gasteiger partial charge in [0.05, 0.1) is 10.6 Å². The van der Waals surface area contributed by atoms with Gasteiger partial charge in [0.15, 0.2) is 0 Å². The summed E-state index contributed by atoms with van der Waals surface area (Å²) in [6.45, 7) is 4.76. The molecule has 2 heterocycles. The lowest BCUT2D eigenvalue weighted by Gasteiger charge is -2.33. The highest BCUT2D eigenvalue weighted by molar-refractivity contribution is 9.10. The first-order valence-electron chi connectivity index (χ1n) is 6.28. The number of piperidine rings is 1. The molecular formula is C12H19BrN4O. The first-order chi connectivity index (χ1) is 8.74. The lowest BCUT2D eigenvalue weighted by Crippen LogP contribution is -2.40. The predicted octanol–water partition coefficient (Wildman–Crippen LogP) is 2.29. The van der Waals surface area contributed by atoms with Crippen LogP contribution < -0.4 is 10.2 Å². The SMILES string of the molecule is CCNc1ncc(Br)c(N2CCCC(OC)C2)n1. The second-order valence-corrected chi connectivity index (χ2v) is 5.20. The Balaban J connectivity index is 2.17. The van der Waals surface area contributed by atoms with Crippen LogP contribution in [0.15, 0.2) is 10.7 Å². The third-order valence-electron chi connectivity index (χ3n) is 3.07. The molecule has 0 amide bonds. The van der Waals surface area contributed by atoms with E-state index in [1.165, 1.54) is 0 Å². The molecule has 1 unspecified atom stereocenters. The number of hydrogen-bond acceptors (Lipinski definition) is 5. The van der Waals surface area contributed by atoms with Gasteiger partial charge in [-0.2, -0.15) is 4.98 Å². The minimum atomic E-state index is 0.295. The molecule has 6 heteroatoms. The fourth-order valence-corrected chi connectivity index (χ4v) is 2.59. The Morgan fingerprint density at radius 2 is 2.44 bits per heavy atom. The van der Waals surface area contributed by atoms with E-state index in [2.05, 4.69) is 36.1 Å². The van der Waals surface area contributed by atoms with Gasteiger partial charge in [-0.15, -0.1) is 0 Å². The molecule has 0 radical (unpaired) electrons. The zero-order chi connectivity index (χ0) is 13.0. The quantitative estimate of drug-likeness (QED) is 0.924. The van der Waals surface area contributed by atoms with E-state index in [0.29, 0.717) is 12.1 Å². The lowest BCUT2D eigenvalue weighted by molar-refractivity contribution is 0.0891. The molecule has 1 N–H and O–H groups in total. The topological polar surface area (TPSA) is 50.3 Å². The maximum atomic E-state index is 5.44. The first kappa shape index (κ1) is 13.5. The van der Waals surface area contributed by atoms with Gasteiger partial charge in [-0.25, -0.2) is 4.98 Å². The van der Waals surface area contributed by atoms with Crippen molar-refractivity contribution >= 4 is 27.7 Å². The van der Waals surface area contributed by atoms with Crippen molar-refractivity contribution in [2.24, 2.45) is 0 Å². The maximum Gasteiger partial charge on any atom is 0.224 e. The number of rotatable bonds is 4. The Kier molecular flexibility index (Phi) is 4.77. The van der Waals surface area contributed by atoms with Gasteiger partial charge in [0.25, 0.3) is 0 Å². The highest BCUT2D eigenvalue weighted by Crippen LogP contribution is 2.27. The Morgan fingerprint density at radius 3 is 3.17 bits per heavy atom. The third kappa shape index (κ3) is 3.11. The molecule has 100 valence electrons. The van der Waals surface area contributed by atoms with Crippen LogP contribution in [-0.2, 0) is 4.74 Å². The number of methoxy groups -OCH3 is 1. The normalized spacial score (nSPS) is 19.9. The van der Waals surface area contributed by atoms with Crippen molar-refractivity contribution in [1.82, 2.24) is 9.97 Å². The van der Waals surface area contributed by atoms with Crippen molar-refractivity contribution in [2.75, 3.05) is 37.0 Å². The van der Waals surface area contributed by atoms with E-state index in [9.17, 15) is 0 Å². The van der Waals surface area contributed by atoms with Crippen LogP contribution in [-0.4, -0.2) is 42.8 Å². The van der Waals surface area contributed by atoms with Crippen LogP contribution in [0.2, 0.25) is 0 Å². The second kappa shape index (κ2) is 6.33. The Hall–Kier alpha value is -0.880. The summed E-state index contributed by atoms with van der Waals surface area (Å²) in [6.07, 6.45) is 4.35. The standard InChI is InChI=1S/C12H19BrN4O/c1-3-14-12-15-7-10(13)11(16-12)17-6-4-5-9(8-17)18-2/h7,9H,3-6,8H2,1-2H3,(H,14,15,16). The number of halogens is 1. The molecule has 0 aromatic carbocycles. The van der Waals surface area contributed by atoms with E-state index in [1.54, 1.807) is 13.3 Å². The summed E-state index contributed by atoms with van der Waals surface area (Å²) >= 11 is 3.52. The summed E-state index contributed by atoms with van der Waals surface area (Å²) in [7, 11) is 1.77. The molecule has 1 saturated heterocycles. The summed E-state index contributed by atoms with van der Waals surface area (Å²) < 4.78 is 6.38. The minimum absolute atomic E-state index is 0.295. The van der Waals surface area contributed by atoms with Crippen molar-refractivity contribution in [3.63, 3.8) is 0 Å². The van der Waals surface area contributed by atoms with Gasteiger partial charge in [0, 0.05) is 32.9 Å². The van der Waals surface area contributed by atoms with Crippen molar-refractivity contribution in [3.8, 4) is 0 Å². The van der Waals surface area contributed by atoms with Crippen molar-refractivity contribution in [3.05, 3.63) is 10.7 Å². The molecular weight excluding hydrogens is 296 g/mol. The molecule has 1 aliphatic rings. The molecule has 0 spiro atoms. The van der Waals surface area contributed by atoms with Gasteiger partial charge in [-0.1, -0.05) is 0 Å². The highest BCUT2D eigenvalue weighted by atomic mass is 79.9. The summed E-state index contributed by atoms with van der Waals surface area (Å²) in [5, 5.41) is 3.14. The molecule has 18 heavy (non-hydrogen) atoms. The zero-order valence-corrected chi connectivity index (χ0v) is 12.4. The molecule has 0 saturated carbocycles. The van der Waals surface area contributed by atoms with Crippen LogP contribution in [0.1, 0.15) is 19.8 Å². The van der Waals surface area contributed by atoms with E-state index in [-0.39, 0.29) is 0 Å². The summed E-state index contributed by atoms with van der Waals surface area (Å²) in [5.74, 6) is 1.62. The van der Waals surface area contributed by atoms with E-state index in [1.807, 2.05) is 6.92 Å². The fourth-order valence-electron chi connectivity index (χ4n) is 2.15. The van der Waals surface area contributed by atoms with Crippen LogP contribution >= 0.6 is 15.9 Å². The van der Waals surface area contributed by atoms with Gasteiger partial charge in [0.1, 0.15) is 5.82 Å². The van der Waals surface area contributed by atoms with Gasteiger partial charge < -0.3 is 15.0 Å². The first-order valence-corrected chi connectivity index (χ1v) is 7.08. The van der Waals surface area contributed by atoms with Crippen molar-refractivity contribution in [2.45, 2.75) is 25.9 Å². The van der Waals surface area contributed by atoms with Gasteiger partial charge in [0.2, 0.25) is 5.95 Å². The van der Waals surface area contributed by atoms with E-state index in [0.717, 1.165) is 42.8 Å². The zero-order valence-electron chi connectivity index (χ0n) is 10.8. The number of nitrogens with one attached hydrogen (secondary N) is 1. The number of anilines is 2. The number of nitrogens with zero attached hydrogens (tertiary/aromatic N) is 3. The van der Waals surface area contributed by atoms with Crippen molar-refractivity contribution < 1.29 is 4.74 Å². The van der Waals surface area contributed by atoms with E-state index in [4.69, 9.17) is 4.74 Å². The molecule has 1 aromatic heterocycles. The van der Waals surface area contributed by atoms with E-state index < -0.39 is 0 Å². The molecule has 5 nitrogen and oxygen atoms in total. The monoisotopic (exact) mass is 314 g/mol. The van der Waals surface area contributed by atoms with Crippen LogP contribution in [0.4, 0.5) is 11.8 Å². The average Bonchev–Trinajstić information content (AvgIpc) is 2.41. The fraction of sp³-hybridized carbons (Fsp3) is 0.667. The van der Waals surface area contributed by atoms with Crippen LogP contribution in [0.5, 0.6) is 0 Å². The smallest absolute Gasteiger partial charge is 0.224 e. The van der Waals surface area contributed by atoms with Crippen LogP contribution in [0.3, 0.4) is 0 Å². The Morgan fingerprint density at radius 1 is 1.61 bits per heavy atom. The largest absolute Gasteiger partial charge is 0.380 e. The molecule has 0 bridgehead atoms. The van der Waals surface area contributed by atoms with E-state index >= 15 is 0 Å². The van der Waals surface area contributed by atoms with Gasteiger partial charge in [-0.05, 0) is 35.7 Å². The Bertz CT molecular complexity index is 402. The summed E-state index contributed by atoms with van der Waals surface area (Å²) in [4.78, 5) is 11.0. The molecule has 1 aromatic rings. The Labute approximate surface area is 116 Å². The third-order valence-corrected chi connectivity index (χ3v) is 3.63. The van der Waals surface area contributed by atoms with Crippen molar-refractivity contribution in [1.29, 1.82) is 0 Å².